The molecule has 4 nitrogen and oxygen atoms in total. The zero-order valence-electron chi connectivity index (χ0n) is 9.19. The molecule has 5 heteroatoms. The Morgan fingerprint density at radius 2 is 2.06 bits per heavy atom. The van der Waals surface area contributed by atoms with Crippen LogP contribution < -0.4 is 9.47 Å². The third kappa shape index (κ3) is 1.78. The van der Waals surface area contributed by atoms with E-state index in [9.17, 15) is 0 Å². The fourth-order valence-corrected chi connectivity index (χ4v) is 2.03. The summed E-state index contributed by atoms with van der Waals surface area (Å²) in [5, 5.41) is 0. The molecule has 0 bridgehead atoms. The Morgan fingerprint density at radius 1 is 1.29 bits per heavy atom. The van der Waals surface area contributed by atoms with Crippen LogP contribution in [-0.4, -0.2) is 16.8 Å². The van der Waals surface area contributed by atoms with E-state index in [2.05, 4.69) is 9.97 Å². The van der Waals surface area contributed by atoms with Crippen molar-refractivity contribution in [3.8, 4) is 22.8 Å². The van der Waals surface area contributed by atoms with Crippen LogP contribution in [0.15, 0.2) is 24.4 Å². The summed E-state index contributed by atoms with van der Waals surface area (Å²) in [6, 6.07) is 5.81. The van der Waals surface area contributed by atoms with Crippen LogP contribution in [0.1, 0.15) is 5.56 Å². The van der Waals surface area contributed by atoms with E-state index in [1.54, 1.807) is 6.20 Å². The number of fused-ring (bicyclic) bond motifs is 1. The van der Waals surface area contributed by atoms with E-state index >= 15 is 0 Å². The third-order valence-corrected chi connectivity index (χ3v) is 2.89. The SMILES string of the molecule is Cc1cc2c(cc1-c1ccnc(=S)[nH]1)OCO2. The van der Waals surface area contributed by atoms with Gasteiger partial charge in [-0.3, -0.25) is 0 Å². The Balaban J connectivity index is 2.18. The Bertz CT molecular complexity index is 637. The number of rotatable bonds is 1. The molecule has 0 saturated carbocycles. The van der Waals surface area contributed by atoms with Crippen molar-refractivity contribution in [3.63, 3.8) is 0 Å². The molecule has 0 spiro atoms. The quantitative estimate of drug-likeness (QED) is 0.786. The maximum absolute atomic E-state index is 5.37. The molecule has 2 aromatic rings. The lowest BCUT2D eigenvalue weighted by molar-refractivity contribution is 0.174. The summed E-state index contributed by atoms with van der Waals surface area (Å²) in [4.78, 5) is 7.03. The van der Waals surface area contributed by atoms with Crippen molar-refractivity contribution in [3.05, 3.63) is 34.7 Å². The van der Waals surface area contributed by atoms with Gasteiger partial charge < -0.3 is 14.5 Å². The zero-order valence-corrected chi connectivity index (χ0v) is 10.0. The van der Waals surface area contributed by atoms with Gasteiger partial charge in [-0.1, -0.05) is 0 Å². The molecule has 1 aromatic heterocycles. The smallest absolute Gasteiger partial charge is 0.231 e. The van der Waals surface area contributed by atoms with Crippen molar-refractivity contribution in [2.24, 2.45) is 0 Å². The highest BCUT2D eigenvalue weighted by Gasteiger charge is 2.16. The highest BCUT2D eigenvalue weighted by Crippen LogP contribution is 2.37. The maximum atomic E-state index is 5.37. The topological polar surface area (TPSA) is 47.1 Å². The molecule has 1 aromatic carbocycles. The van der Waals surface area contributed by atoms with Crippen molar-refractivity contribution in [1.82, 2.24) is 9.97 Å². The zero-order chi connectivity index (χ0) is 11.8. The van der Waals surface area contributed by atoms with Gasteiger partial charge in [-0.15, -0.1) is 0 Å². The van der Waals surface area contributed by atoms with E-state index in [0.29, 0.717) is 4.77 Å². The largest absolute Gasteiger partial charge is 0.454 e. The number of hydrogen-bond acceptors (Lipinski definition) is 4. The van der Waals surface area contributed by atoms with E-state index in [-0.39, 0.29) is 6.79 Å². The minimum atomic E-state index is 0.282. The first-order chi connectivity index (χ1) is 8.24. The molecule has 0 saturated heterocycles. The van der Waals surface area contributed by atoms with E-state index in [4.69, 9.17) is 21.7 Å². The highest BCUT2D eigenvalue weighted by atomic mass is 32.1. The van der Waals surface area contributed by atoms with Gasteiger partial charge in [-0.2, -0.15) is 0 Å². The Morgan fingerprint density at radius 3 is 2.82 bits per heavy atom. The van der Waals surface area contributed by atoms with Gasteiger partial charge in [0.1, 0.15) is 0 Å². The molecular formula is C12H10N2O2S. The summed E-state index contributed by atoms with van der Waals surface area (Å²) in [6.07, 6.45) is 1.69. The summed E-state index contributed by atoms with van der Waals surface area (Å²) in [5.41, 5.74) is 3.08. The first kappa shape index (κ1) is 10.3. The molecular weight excluding hydrogens is 236 g/mol. The summed E-state index contributed by atoms with van der Waals surface area (Å²) in [7, 11) is 0. The van der Waals surface area contributed by atoms with Gasteiger partial charge in [0, 0.05) is 17.5 Å². The van der Waals surface area contributed by atoms with Gasteiger partial charge in [0.05, 0.1) is 0 Å². The first-order valence-corrected chi connectivity index (χ1v) is 5.61. The molecule has 0 radical (unpaired) electrons. The fraction of sp³-hybridized carbons (Fsp3) is 0.167. The van der Waals surface area contributed by atoms with Crippen LogP contribution in [0.3, 0.4) is 0 Å². The van der Waals surface area contributed by atoms with Crippen LogP contribution in [0.25, 0.3) is 11.3 Å². The molecule has 1 aliphatic heterocycles. The summed E-state index contributed by atoms with van der Waals surface area (Å²) >= 11 is 5.02. The van der Waals surface area contributed by atoms with Gasteiger partial charge >= 0.3 is 0 Å². The van der Waals surface area contributed by atoms with Gasteiger partial charge in [0.25, 0.3) is 0 Å². The number of H-pyrrole nitrogens is 1. The van der Waals surface area contributed by atoms with E-state index < -0.39 is 0 Å². The van der Waals surface area contributed by atoms with Crippen LogP contribution in [0.5, 0.6) is 11.5 Å². The number of aromatic nitrogens is 2. The predicted octanol–water partition coefficient (Wildman–Crippen LogP) is 2.84. The monoisotopic (exact) mass is 246 g/mol. The number of ether oxygens (including phenoxy) is 2. The normalized spacial score (nSPS) is 12.8. The molecule has 17 heavy (non-hydrogen) atoms. The van der Waals surface area contributed by atoms with Crippen molar-refractivity contribution in [2.75, 3.05) is 6.79 Å². The molecule has 0 atom stereocenters. The van der Waals surface area contributed by atoms with Gasteiger partial charge in [-0.25, -0.2) is 4.98 Å². The molecule has 0 unspecified atom stereocenters. The van der Waals surface area contributed by atoms with Gasteiger partial charge in [-0.05, 0) is 42.9 Å². The number of nitrogens with one attached hydrogen (secondary N) is 1. The lowest BCUT2D eigenvalue weighted by atomic mass is 10.0. The van der Waals surface area contributed by atoms with Crippen molar-refractivity contribution in [1.29, 1.82) is 0 Å². The van der Waals surface area contributed by atoms with Crippen LogP contribution in [0.4, 0.5) is 0 Å². The molecule has 1 N–H and O–H groups in total. The van der Waals surface area contributed by atoms with Crippen LogP contribution in [0, 0.1) is 11.7 Å². The third-order valence-electron chi connectivity index (χ3n) is 2.68. The van der Waals surface area contributed by atoms with Gasteiger partial charge in [0.2, 0.25) is 6.79 Å². The van der Waals surface area contributed by atoms with E-state index in [1.807, 2.05) is 25.1 Å². The average Bonchev–Trinajstić information content (AvgIpc) is 2.75. The maximum Gasteiger partial charge on any atom is 0.231 e. The van der Waals surface area contributed by atoms with Crippen LogP contribution in [-0.2, 0) is 0 Å². The highest BCUT2D eigenvalue weighted by molar-refractivity contribution is 7.71. The summed E-state index contributed by atoms with van der Waals surface area (Å²) in [6.45, 7) is 2.30. The van der Waals surface area contributed by atoms with Crippen molar-refractivity contribution < 1.29 is 9.47 Å². The summed E-state index contributed by atoms with van der Waals surface area (Å²) in [5.74, 6) is 1.56. The lowest BCUT2D eigenvalue weighted by Crippen LogP contribution is -1.92. The second-order valence-corrected chi connectivity index (χ2v) is 4.20. The Hall–Kier alpha value is -1.88. The molecule has 0 aliphatic carbocycles. The second kappa shape index (κ2) is 3.85. The Labute approximate surface area is 103 Å². The standard InChI is InChI=1S/C12H10N2O2S/c1-7-4-10-11(16-6-15-10)5-8(7)9-2-3-13-12(17)14-9/h2-5H,6H2,1H3,(H,13,14,17). The molecule has 0 amide bonds. The minimum absolute atomic E-state index is 0.282. The average molecular weight is 246 g/mol. The number of nitrogens with zero attached hydrogens (tertiary/aromatic N) is 1. The van der Waals surface area contributed by atoms with Crippen molar-refractivity contribution in [2.45, 2.75) is 6.92 Å². The first-order valence-electron chi connectivity index (χ1n) is 5.20. The number of benzene rings is 1. The summed E-state index contributed by atoms with van der Waals surface area (Å²) < 4.78 is 11.2. The molecule has 86 valence electrons. The van der Waals surface area contributed by atoms with Gasteiger partial charge in [0.15, 0.2) is 16.3 Å². The number of aromatic amines is 1. The van der Waals surface area contributed by atoms with Crippen molar-refractivity contribution >= 4 is 12.2 Å². The minimum Gasteiger partial charge on any atom is -0.454 e. The molecule has 3 rings (SSSR count). The molecule has 0 fully saturated rings. The number of aryl methyl sites for hydroxylation is 1. The predicted molar refractivity (Wildman–Crippen MR) is 65.7 cm³/mol. The fourth-order valence-electron chi connectivity index (χ4n) is 1.86. The number of hydrogen-bond donors (Lipinski definition) is 1. The van der Waals surface area contributed by atoms with Crippen LogP contribution >= 0.6 is 12.2 Å². The molecule has 1 aliphatic rings. The second-order valence-electron chi connectivity index (χ2n) is 3.81. The molecule has 2 heterocycles. The van der Waals surface area contributed by atoms with Crippen LogP contribution in [0.2, 0.25) is 0 Å². The Kier molecular flexibility index (Phi) is 2.33. The van der Waals surface area contributed by atoms with E-state index in [1.165, 1.54) is 0 Å². The van der Waals surface area contributed by atoms with E-state index in [0.717, 1.165) is 28.3 Å². The lowest BCUT2D eigenvalue weighted by Gasteiger charge is -2.07.